The van der Waals surface area contributed by atoms with E-state index in [-0.39, 0.29) is 18.0 Å². The lowest BCUT2D eigenvalue weighted by Crippen LogP contribution is -2.18. The molecule has 0 aliphatic rings. The van der Waals surface area contributed by atoms with Crippen LogP contribution >= 0.6 is 0 Å². The minimum atomic E-state index is -0.218. The Labute approximate surface area is 273 Å². The van der Waals surface area contributed by atoms with Crippen molar-refractivity contribution in [2.75, 3.05) is 6.61 Å². The number of allylic oxidation sites excluding steroid dienone is 8. The number of hydrogen-bond acceptors (Lipinski definition) is 4. The summed E-state index contributed by atoms with van der Waals surface area (Å²) in [6.07, 6.45) is 45.3. The van der Waals surface area contributed by atoms with Crippen LogP contribution < -0.4 is 0 Å². The minimum absolute atomic E-state index is 0.139. The van der Waals surface area contributed by atoms with Gasteiger partial charge in [-0.25, -0.2) is 0 Å². The quantitative estimate of drug-likeness (QED) is 0.0430. The smallest absolute Gasteiger partial charge is 0.306 e. The van der Waals surface area contributed by atoms with E-state index in [0.29, 0.717) is 25.9 Å². The third kappa shape index (κ3) is 34.4. The van der Waals surface area contributed by atoms with Crippen molar-refractivity contribution in [2.45, 2.75) is 187 Å². The van der Waals surface area contributed by atoms with Gasteiger partial charge in [-0.1, -0.05) is 127 Å². The molecular formula is C40H70O4. The van der Waals surface area contributed by atoms with Gasteiger partial charge in [0, 0.05) is 19.3 Å². The molecule has 0 radical (unpaired) electrons. The molecule has 1 unspecified atom stereocenters. The second kappa shape index (κ2) is 35.4. The number of carbonyl (C=O) groups is 2. The fourth-order valence-corrected chi connectivity index (χ4v) is 4.91. The lowest BCUT2D eigenvalue weighted by molar-refractivity contribution is -0.150. The highest BCUT2D eigenvalue weighted by atomic mass is 16.6. The largest absolute Gasteiger partial charge is 0.466 e. The Hall–Kier alpha value is -2.10. The molecule has 4 nitrogen and oxygen atoms in total. The summed E-state index contributed by atoms with van der Waals surface area (Å²) in [5.74, 6) is -0.279. The number of unbranched alkanes of at least 4 members (excludes halogenated alkanes) is 16. The van der Waals surface area contributed by atoms with E-state index >= 15 is 0 Å². The van der Waals surface area contributed by atoms with Gasteiger partial charge < -0.3 is 9.47 Å². The molecule has 0 aromatic rings. The standard InChI is InChI=1S/C40H70O4/c1-4-6-8-10-12-14-16-18-20-22-24-26-28-30-32-34-39(41)43-37-36-38(3)44-40(42)35-33-31-29-27-25-23-21-19-17-15-13-11-9-7-5-2/h12-15,18-21,38H,4-11,16-17,22-37H2,1-3H3. The first kappa shape index (κ1) is 41.9. The van der Waals surface area contributed by atoms with Gasteiger partial charge in [-0.2, -0.15) is 0 Å². The van der Waals surface area contributed by atoms with Crippen molar-refractivity contribution >= 4 is 11.9 Å². The molecular weight excluding hydrogens is 544 g/mol. The predicted molar refractivity (Wildman–Crippen MR) is 190 cm³/mol. The predicted octanol–water partition coefficient (Wildman–Crippen LogP) is 12.5. The van der Waals surface area contributed by atoms with Crippen molar-refractivity contribution in [1.29, 1.82) is 0 Å². The van der Waals surface area contributed by atoms with Crippen LogP contribution in [0.1, 0.15) is 181 Å². The molecule has 0 heterocycles. The summed E-state index contributed by atoms with van der Waals surface area (Å²) in [6.45, 7) is 6.68. The minimum Gasteiger partial charge on any atom is -0.466 e. The van der Waals surface area contributed by atoms with Crippen LogP contribution in [-0.4, -0.2) is 24.6 Å². The van der Waals surface area contributed by atoms with Crippen molar-refractivity contribution in [3.8, 4) is 0 Å². The molecule has 0 rings (SSSR count). The summed E-state index contributed by atoms with van der Waals surface area (Å²) < 4.78 is 10.8. The van der Waals surface area contributed by atoms with Crippen LogP contribution in [0.15, 0.2) is 48.6 Å². The molecule has 0 aromatic carbocycles. The molecule has 0 N–H and O–H groups in total. The van der Waals surface area contributed by atoms with Crippen LogP contribution in [0.4, 0.5) is 0 Å². The number of esters is 2. The topological polar surface area (TPSA) is 52.6 Å². The summed E-state index contributed by atoms with van der Waals surface area (Å²) >= 11 is 0. The highest BCUT2D eigenvalue weighted by Crippen LogP contribution is 2.11. The lowest BCUT2D eigenvalue weighted by Gasteiger charge is -2.13. The first-order chi connectivity index (χ1) is 21.6. The first-order valence-corrected chi connectivity index (χ1v) is 18.5. The van der Waals surface area contributed by atoms with Crippen LogP contribution in [0, 0.1) is 0 Å². The highest BCUT2D eigenvalue weighted by Gasteiger charge is 2.11. The lowest BCUT2D eigenvalue weighted by atomic mass is 10.1. The van der Waals surface area contributed by atoms with Gasteiger partial charge in [-0.05, 0) is 84.0 Å². The Balaban J connectivity index is 3.51. The average Bonchev–Trinajstić information content (AvgIpc) is 3.01. The zero-order valence-corrected chi connectivity index (χ0v) is 29.2. The summed E-state index contributed by atoms with van der Waals surface area (Å²) in [5.41, 5.74) is 0. The molecule has 4 heteroatoms. The number of hydrogen-bond donors (Lipinski definition) is 0. The van der Waals surface area contributed by atoms with E-state index < -0.39 is 0 Å². The molecule has 0 saturated carbocycles. The third-order valence-electron chi connectivity index (χ3n) is 7.78. The molecule has 44 heavy (non-hydrogen) atoms. The van der Waals surface area contributed by atoms with Gasteiger partial charge in [0.15, 0.2) is 0 Å². The van der Waals surface area contributed by atoms with Crippen molar-refractivity contribution in [3.63, 3.8) is 0 Å². The van der Waals surface area contributed by atoms with Crippen molar-refractivity contribution < 1.29 is 19.1 Å². The van der Waals surface area contributed by atoms with Crippen LogP contribution in [0.3, 0.4) is 0 Å². The van der Waals surface area contributed by atoms with Gasteiger partial charge in [0.25, 0.3) is 0 Å². The van der Waals surface area contributed by atoms with Gasteiger partial charge in [0.2, 0.25) is 0 Å². The molecule has 0 aliphatic heterocycles. The Kier molecular flexibility index (Phi) is 33.7. The van der Waals surface area contributed by atoms with E-state index in [0.717, 1.165) is 51.4 Å². The maximum atomic E-state index is 12.1. The Morgan fingerprint density at radius 1 is 0.500 bits per heavy atom. The van der Waals surface area contributed by atoms with Crippen LogP contribution in [0.5, 0.6) is 0 Å². The molecule has 1 atom stereocenters. The molecule has 0 saturated heterocycles. The van der Waals surface area contributed by atoms with Gasteiger partial charge in [0.1, 0.15) is 6.10 Å². The second-order valence-electron chi connectivity index (χ2n) is 12.3. The fraction of sp³-hybridized carbons (Fsp3) is 0.750. The summed E-state index contributed by atoms with van der Waals surface area (Å²) in [7, 11) is 0. The average molecular weight is 615 g/mol. The monoisotopic (exact) mass is 615 g/mol. The summed E-state index contributed by atoms with van der Waals surface area (Å²) in [4.78, 5) is 24.1. The Bertz CT molecular complexity index is 748. The van der Waals surface area contributed by atoms with Crippen LogP contribution in [-0.2, 0) is 19.1 Å². The summed E-state index contributed by atoms with van der Waals surface area (Å²) in [6, 6.07) is 0. The number of rotatable bonds is 32. The maximum absolute atomic E-state index is 12.1. The highest BCUT2D eigenvalue weighted by molar-refractivity contribution is 5.69. The first-order valence-electron chi connectivity index (χ1n) is 18.5. The second-order valence-corrected chi connectivity index (χ2v) is 12.3. The van der Waals surface area contributed by atoms with Gasteiger partial charge in [0.05, 0.1) is 6.61 Å². The third-order valence-corrected chi connectivity index (χ3v) is 7.78. The Morgan fingerprint density at radius 3 is 1.34 bits per heavy atom. The molecule has 0 fully saturated rings. The van der Waals surface area contributed by atoms with Gasteiger partial charge in [-0.3, -0.25) is 9.59 Å². The molecule has 254 valence electrons. The normalized spacial score (nSPS) is 12.7. The fourth-order valence-electron chi connectivity index (χ4n) is 4.91. The van der Waals surface area contributed by atoms with Gasteiger partial charge in [-0.15, -0.1) is 0 Å². The molecule has 0 amide bonds. The zero-order chi connectivity index (χ0) is 32.2. The van der Waals surface area contributed by atoms with Crippen LogP contribution in [0.25, 0.3) is 0 Å². The molecule has 0 spiro atoms. The van der Waals surface area contributed by atoms with E-state index in [1.54, 1.807) is 0 Å². The Morgan fingerprint density at radius 2 is 0.886 bits per heavy atom. The van der Waals surface area contributed by atoms with Crippen molar-refractivity contribution in [3.05, 3.63) is 48.6 Å². The number of ether oxygens (including phenoxy) is 2. The number of carbonyl (C=O) groups excluding carboxylic acids is 2. The SMILES string of the molecule is CCCCCC=CCC=CCCCCCCCC(=O)OCCC(C)OC(=O)CCCCCCCC=CCC=CCCCCC. The van der Waals surface area contributed by atoms with Gasteiger partial charge >= 0.3 is 11.9 Å². The van der Waals surface area contributed by atoms with E-state index in [1.165, 1.54) is 89.9 Å². The molecule has 0 aliphatic carbocycles. The van der Waals surface area contributed by atoms with Crippen LogP contribution in [0.2, 0.25) is 0 Å². The van der Waals surface area contributed by atoms with E-state index in [1.807, 2.05) is 6.92 Å². The zero-order valence-electron chi connectivity index (χ0n) is 29.2. The van der Waals surface area contributed by atoms with Crippen molar-refractivity contribution in [1.82, 2.24) is 0 Å². The van der Waals surface area contributed by atoms with E-state index in [2.05, 4.69) is 62.5 Å². The van der Waals surface area contributed by atoms with E-state index in [9.17, 15) is 9.59 Å². The molecule has 0 bridgehead atoms. The molecule has 0 aromatic heterocycles. The summed E-state index contributed by atoms with van der Waals surface area (Å²) in [5, 5.41) is 0. The van der Waals surface area contributed by atoms with Crippen molar-refractivity contribution in [2.24, 2.45) is 0 Å². The van der Waals surface area contributed by atoms with E-state index in [4.69, 9.17) is 9.47 Å². The maximum Gasteiger partial charge on any atom is 0.306 e.